The van der Waals surface area contributed by atoms with Gasteiger partial charge in [-0.3, -0.25) is 4.79 Å². The summed E-state index contributed by atoms with van der Waals surface area (Å²) in [6, 6.07) is 27.1. The standard InChI is InChI=1S/C29H32N2O4/c1-21(2)30-28(33)29(20-22-10-5-3-6-11-22)26(23-12-7-4-8-13-23)35-27(31-29)24-14-16-25(17-15-24)34-19-9-18-32/h3-8,10-17,21,26,32H,9,18-20H2,1-2H3,(H,30,33)/t26-,29-/m1/s1. The number of nitrogens with zero attached hydrogens (tertiary/aromatic N) is 1. The van der Waals surface area contributed by atoms with E-state index in [1.165, 1.54) is 0 Å². The van der Waals surface area contributed by atoms with Crippen molar-refractivity contribution in [3.63, 3.8) is 0 Å². The molecule has 6 heteroatoms. The maximum Gasteiger partial charge on any atom is 0.252 e. The van der Waals surface area contributed by atoms with E-state index >= 15 is 0 Å². The van der Waals surface area contributed by atoms with Gasteiger partial charge in [-0.05, 0) is 49.2 Å². The monoisotopic (exact) mass is 472 g/mol. The first-order valence-electron chi connectivity index (χ1n) is 12.0. The topological polar surface area (TPSA) is 80.2 Å². The number of carbonyl (C=O) groups is 1. The van der Waals surface area contributed by atoms with Crippen molar-refractivity contribution < 1.29 is 19.4 Å². The summed E-state index contributed by atoms with van der Waals surface area (Å²) in [5.74, 6) is 0.966. The van der Waals surface area contributed by atoms with Gasteiger partial charge in [0.15, 0.2) is 11.6 Å². The molecular formula is C29H32N2O4. The number of rotatable bonds is 10. The van der Waals surface area contributed by atoms with E-state index in [4.69, 9.17) is 19.6 Å². The van der Waals surface area contributed by atoms with Gasteiger partial charge in [-0.25, -0.2) is 4.99 Å². The largest absolute Gasteiger partial charge is 0.494 e. The van der Waals surface area contributed by atoms with Crippen LogP contribution in [0.1, 0.15) is 43.1 Å². The SMILES string of the molecule is CC(C)NC(=O)[C@]1(Cc2ccccc2)N=C(c2ccc(OCCCO)cc2)O[C@@H]1c1ccccc1. The molecule has 35 heavy (non-hydrogen) atoms. The fourth-order valence-electron chi connectivity index (χ4n) is 4.20. The van der Waals surface area contributed by atoms with Crippen LogP contribution in [-0.2, 0) is 16.0 Å². The summed E-state index contributed by atoms with van der Waals surface area (Å²) in [5, 5.41) is 12.0. The van der Waals surface area contributed by atoms with Crippen molar-refractivity contribution in [3.05, 3.63) is 102 Å². The second kappa shape index (κ2) is 11.2. The van der Waals surface area contributed by atoms with Gasteiger partial charge in [0.05, 0.1) is 6.61 Å². The first-order chi connectivity index (χ1) is 17.0. The van der Waals surface area contributed by atoms with Gasteiger partial charge < -0.3 is 19.9 Å². The highest BCUT2D eigenvalue weighted by Crippen LogP contribution is 2.42. The van der Waals surface area contributed by atoms with Crippen molar-refractivity contribution >= 4 is 11.8 Å². The summed E-state index contributed by atoms with van der Waals surface area (Å²) >= 11 is 0. The minimum atomic E-state index is -1.17. The van der Waals surface area contributed by atoms with E-state index in [-0.39, 0.29) is 18.6 Å². The van der Waals surface area contributed by atoms with Crippen LogP contribution >= 0.6 is 0 Å². The zero-order valence-corrected chi connectivity index (χ0v) is 20.2. The predicted octanol–water partition coefficient (Wildman–Crippen LogP) is 4.47. The number of aliphatic hydroxyl groups is 1. The molecule has 0 unspecified atom stereocenters. The van der Waals surface area contributed by atoms with E-state index in [1.807, 2.05) is 98.8 Å². The lowest BCUT2D eigenvalue weighted by Gasteiger charge is -2.31. The lowest BCUT2D eigenvalue weighted by molar-refractivity contribution is -0.129. The molecule has 0 fully saturated rings. The van der Waals surface area contributed by atoms with E-state index in [1.54, 1.807) is 0 Å². The minimum Gasteiger partial charge on any atom is -0.494 e. The second-order valence-electron chi connectivity index (χ2n) is 8.99. The summed E-state index contributed by atoms with van der Waals surface area (Å²) in [5.41, 5.74) is 1.50. The second-order valence-corrected chi connectivity index (χ2v) is 8.99. The van der Waals surface area contributed by atoms with Crippen molar-refractivity contribution in [2.45, 2.75) is 44.4 Å². The number of hydrogen-bond acceptors (Lipinski definition) is 5. The number of benzene rings is 3. The Morgan fingerprint density at radius 3 is 2.31 bits per heavy atom. The minimum absolute atomic E-state index is 0.0406. The van der Waals surface area contributed by atoms with E-state index in [0.29, 0.717) is 31.1 Å². The van der Waals surface area contributed by atoms with Crippen molar-refractivity contribution in [2.24, 2.45) is 4.99 Å². The predicted molar refractivity (Wildman–Crippen MR) is 137 cm³/mol. The molecule has 3 aromatic rings. The van der Waals surface area contributed by atoms with Gasteiger partial charge in [0, 0.05) is 31.1 Å². The maximum absolute atomic E-state index is 13.8. The van der Waals surface area contributed by atoms with Crippen molar-refractivity contribution in [3.8, 4) is 5.75 Å². The molecule has 1 heterocycles. The van der Waals surface area contributed by atoms with Gasteiger partial charge in [0.1, 0.15) is 5.75 Å². The molecular weight excluding hydrogens is 440 g/mol. The number of aliphatic imine (C=N–C) groups is 1. The van der Waals surface area contributed by atoms with Gasteiger partial charge in [0.2, 0.25) is 5.90 Å². The van der Waals surface area contributed by atoms with Gasteiger partial charge >= 0.3 is 0 Å². The molecule has 1 aliphatic rings. The molecule has 0 radical (unpaired) electrons. The Labute approximate surface area is 206 Å². The zero-order valence-electron chi connectivity index (χ0n) is 20.2. The maximum atomic E-state index is 13.8. The summed E-state index contributed by atoms with van der Waals surface area (Å²) in [4.78, 5) is 18.8. The zero-order chi connectivity index (χ0) is 24.7. The molecule has 0 bridgehead atoms. The number of carbonyl (C=O) groups excluding carboxylic acids is 1. The number of amides is 1. The van der Waals surface area contributed by atoms with Gasteiger partial charge in [0.25, 0.3) is 5.91 Å². The van der Waals surface area contributed by atoms with Crippen LogP contribution in [0.25, 0.3) is 0 Å². The van der Waals surface area contributed by atoms with Crippen molar-refractivity contribution in [1.29, 1.82) is 0 Å². The molecule has 182 valence electrons. The van der Waals surface area contributed by atoms with Gasteiger partial charge in [-0.1, -0.05) is 60.7 Å². The van der Waals surface area contributed by atoms with Gasteiger partial charge in [-0.15, -0.1) is 0 Å². The Hall–Kier alpha value is -3.64. The molecule has 4 rings (SSSR count). The molecule has 1 aliphatic heterocycles. The van der Waals surface area contributed by atoms with Crippen LogP contribution in [0, 0.1) is 0 Å². The average Bonchev–Trinajstić information content (AvgIpc) is 3.26. The summed E-state index contributed by atoms with van der Waals surface area (Å²) < 4.78 is 12.1. The normalized spacial score (nSPS) is 19.2. The number of hydrogen-bond donors (Lipinski definition) is 2. The van der Waals surface area contributed by atoms with Crippen LogP contribution in [0.4, 0.5) is 0 Å². The Balaban J connectivity index is 1.75. The molecule has 2 N–H and O–H groups in total. The summed E-state index contributed by atoms with van der Waals surface area (Å²) in [7, 11) is 0. The first kappa shape index (κ1) is 24.5. The van der Waals surface area contributed by atoms with Gasteiger partial charge in [-0.2, -0.15) is 0 Å². The third-order valence-corrected chi connectivity index (χ3v) is 5.87. The van der Waals surface area contributed by atoms with Crippen LogP contribution < -0.4 is 10.1 Å². The highest BCUT2D eigenvalue weighted by Gasteiger charge is 2.53. The van der Waals surface area contributed by atoms with E-state index < -0.39 is 11.6 Å². The first-order valence-corrected chi connectivity index (χ1v) is 12.0. The molecule has 1 amide bonds. The molecule has 0 saturated heterocycles. The molecule has 2 atom stereocenters. The quantitative estimate of drug-likeness (QED) is 0.427. The lowest BCUT2D eigenvalue weighted by Crippen LogP contribution is -2.51. The van der Waals surface area contributed by atoms with Crippen LogP contribution in [-0.4, -0.2) is 41.7 Å². The molecule has 6 nitrogen and oxygen atoms in total. The van der Waals surface area contributed by atoms with Crippen molar-refractivity contribution in [1.82, 2.24) is 5.32 Å². The van der Waals surface area contributed by atoms with Crippen LogP contribution in [0.5, 0.6) is 5.75 Å². The fourth-order valence-corrected chi connectivity index (χ4v) is 4.20. The molecule has 0 aromatic heterocycles. The smallest absolute Gasteiger partial charge is 0.252 e. The number of ether oxygens (including phenoxy) is 2. The van der Waals surface area contributed by atoms with E-state index in [2.05, 4.69) is 5.32 Å². The summed E-state index contributed by atoms with van der Waals surface area (Å²) in [6.45, 7) is 4.42. The van der Waals surface area contributed by atoms with E-state index in [0.717, 1.165) is 16.7 Å². The van der Waals surface area contributed by atoms with Crippen LogP contribution in [0.2, 0.25) is 0 Å². The highest BCUT2D eigenvalue weighted by atomic mass is 16.5. The van der Waals surface area contributed by atoms with Crippen molar-refractivity contribution in [2.75, 3.05) is 13.2 Å². The Morgan fingerprint density at radius 1 is 1.03 bits per heavy atom. The molecule has 0 saturated carbocycles. The highest BCUT2D eigenvalue weighted by molar-refractivity contribution is 6.01. The average molecular weight is 473 g/mol. The van der Waals surface area contributed by atoms with Crippen LogP contribution in [0.15, 0.2) is 89.9 Å². The molecule has 0 spiro atoms. The summed E-state index contributed by atoms with van der Waals surface area (Å²) in [6.07, 6.45) is 0.388. The molecule has 3 aromatic carbocycles. The Morgan fingerprint density at radius 2 is 1.69 bits per heavy atom. The Kier molecular flexibility index (Phi) is 7.83. The third-order valence-electron chi connectivity index (χ3n) is 5.87. The molecule has 0 aliphatic carbocycles. The number of nitrogens with one attached hydrogen (secondary N) is 1. The lowest BCUT2D eigenvalue weighted by atomic mass is 9.82. The van der Waals surface area contributed by atoms with Crippen LogP contribution in [0.3, 0.4) is 0 Å². The number of aliphatic hydroxyl groups excluding tert-OH is 1. The fraction of sp³-hybridized carbons (Fsp3) is 0.310. The van der Waals surface area contributed by atoms with E-state index in [9.17, 15) is 4.79 Å². The Bertz CT molecular complexity index is 1130. The third kappa shape index (κ3) is 5.72.